The van der Waals surface area contributed by atoms with E-state index >= 15 is 0 Å². The van der Waals surface area contributed by atoms with E-state index in [0.29, 0.717) is 0 Å². The molecule has 2 aromatic rings. The van der Waals surface area contributed by atoms with Crippen molar-refractivity contribution in [2.24, 2.45) is 0 Å². The molecule has 2 rings (SSSR count). The Kier molecular flexibility index (Phi) is 4.95. The molecule has 0 radical (unpaired) electrons. The summed E-state index contributed by atoms with van der Waals surface area (Å²) in [5, 5.41) is 5.00. The van der Waals surface area contributed by atoms with Crippen LogP contribution in [0, 0.1) is 13.8 Å². The van der Waals surface area contributed by atoms with E-state index < -0.39 is 0 Å². The van der Waals surface area contributed by atoms with Crippen molar-refractivity contribution in [1.82, 2.24) is 15.0 Å². The molecule has 5 heteroatoms. The molecule has 0 saturated carbocycles. The predicted octanol–water partition coefficient (Wildman–Crippen LogP) is 3.63. The van der Waals surface area contributed by atoms with Crippen molar-refractivity contribution in [2.75, 3.05) is 12.4 Å². The van der Waals surface area contributed by atoms with Crippen molar-refractivity contribution in [3.05, 3.63) is 35.3 Å². The van der Waals surface area contributed by atoms with Gasteiger partial charge in [-0.2, -0.15) is 0 Å². The van der Waals surface area contributed by atoms with E-state index in [1.54, 1.807) is 11.8 Å². The van der Waals surface area contributed by atoms with Crippen LogP contribution in [0.15, 0.2) is 28.3 Å². The molecule has 0 fully saturated rings. The van der Waals surface area contributed by atoms with Gasteiger partial charge in [-0.25, -0.2) is 15.0 Å². The van der Waals surface area contributed by atoms with Crippen LogP contribution in [0.3, 0.4) is 0 Å². The third kappa shape index (κ3) is 3.93. The molecule has 0 aliphatic carbocycles. The van der Waals surface area contributed by atoms with Gasteiger partial charge >= 0.3 is 0 Å². The second kappa shape index (κ2) is 6.70. The smallest absolute Gasteiger partial charge is 0.132 e. The first-order valence-electron chi connectivity index (χ1n) is 6.79. The van der Waals surface area contributed by atoms with Gasteiger partial charge < -0.3 is 5.32 Å². The van der Waals surface area contributed by atoms with E-state index in [-0.39, 0.29) is 0 Å². The van der Waals surface area contributed by atoms with E-state index in [9.17, 15) is 0 Å². The van der Waals surface area contributed by atoms with Crippen LogP contribution >= 0.6 is 11.8 Å². The number of rotatable bonds is 5. The zero-order valence-corrected chi connectivity index (χ0v) is 13.2. The number of nitrogens with one attached hydrogen (secondary N) is 1. The maximum atomic E-state index is 4.60. The van der Waals surface area contributed by atoms with Gasteiger partial charge in [-0.05, 0) is 49.7 Å². The summed E-state index contributed by atoms with van der Waals surface area (Å²) < 4.78 is 0. The number of anilines is 1. The van der Waals surface area contributed by atoms with Gasteiger partial charge in [-0.15, -0.1) is 0 Å². The molecule has 0 aliphatic heterocycles. The molecule has 4 nitrogen and oxygen atoms in total. The first-order valence-corrected chi connectivity index (χ1v) is 7.61. The summed E-state index contributed by atoms with van der Waals surface area (Å²) in [6.45, 7) is 6.23. The van der Waals surface area contributed by atoms with Crippen molar-refractivity contribution in [2.45, 2.75) is 43.7 Å². The molecule has 0 atom stereocenters. The lowest BCUT2D eigenvalue weighted by molar-refractivity contribution is 0.811. The van der Waals surface area contributed by atoms with Gasteiger partial charge in [-0.3, -0.25) is 0 Å². The number of aryl methyl sites for hydroxylation is 3. The molecule has 2 aromatic heterocycles. The minimum atomic E-state index is 0.857. The quantitative estimate of drug-likeness (QED) is 0.851. The summed E-state index contributed by atoms with van der Waals surface area (Å²) in [6, 6.07) is 6.12. The van der Waals surface area contributed by atoms with Crippen LogP contribution in [-0.2, 0) is 6.42 Å². The van der Waals surface area contributed by atoms with Crippen LogP contribution in [-0.4, -0.2) is 22.0 Å². The highest BCUT2D eigenvalue weighted by Gasteiger charge is 2.07. The van der Waals surface area contributed by atoms with E-state index in [0.717, 1.165) is 40.2 Å². The van der Waals surface area contributed by atoms with Crippen LogP contribution in [0.1, 0.15) is 30.4 Å². The summed E-state index contributed by atoms with van der Waals surface area (Å²) in [5.74, 6) is 1.74. The third-order valence-corrected chi connectivity index (χ3v) is 3.60. The lowest BCUT2D eigenvalue weighted by Crippen LogP contribution is -2.01. The highest BCUT2D eigenvalue weighted by Crippen LogP contribution is 2.27. The summed E-state index contributed by atoms with van der Waals surface area (Å²) in [4.78, 5) is 13.6. The fraction of sp³-hybridized carbons (Fsp3) is 0.400. The van der Waals surface area contributed by atoms with Crippen molar-refractivity contribution in [1.29, 1.82) is 0 Å². The van der Waals surface area contributed by atoms with Gasteiger partial charge in [0, 0.05) is 25.2 Å². The fourth-order valence-corrected chi connectivity index (χ4v) is 2.92. The topological polar surface area (TPSA) is 50.7 Å². The molecule has 0 aliphatic rings. The maximum absolute atomic E-state index is 4.60. The lowest BCUT2D eigenvalue weighted by Gasteiger charge is -2.07. The molecule has 0 spiro atoms. The standard InChI is InChI=1S/C15H20N4S/c1-5-6-12-18-13(16-4)9-15(19-12)20-14-8-10(2)7-11(3)17-14/h7-9H,5-6H2,1-4H3,(H,16,18,19). The van der Waals surface area contributed by atoms with Crippen LogP contribution < -0.4 is 5.32 Å². The highest BCUT2D eigenvalue weighted by molar-refractivity contribution is 7.99. The Balaban J connectivity index is 2.29. The molecular formula is C15H20N4S. The number of aromatic nitrogens is 3. The van der Waals surface area contributed by atoms with Gasteiger partial charge in [0.1, 0.15) is 21.7 Å². The average Bonchev–Trinajstić information content (AvgIpc) is 2.37. The SMILES string of the molecule is CCCc1nc(NC)cc(Sc2cc(C)cc(C)n2)n1. The Morgan fingerprint density at radius 2 is 1.80 bits per heavy atom. The third-order valence-electron chi connectivity index (χ3n) is 2.76. The number of nitrogens with zero attached hydrogens (tertiary/aromatic N) is 3. The van der Waals surface area contributed by atoms with Crippen molar-refractivity contribution in [3.8, 4) is 0 Å². The summed E-state index contributed by atoms with van der Waals surface area (Å²) in [7, 11) is 1.88. The highest BCUT2D eigenvalue weighted by atomic mass is 32.2. The zero-order chi connectivity index (χ0) is 14.5. The van der Waals surface area contributed by atoms with Gasteiger partial charge in [-0.1, -0.05) is 6.92 Å². The first-order chi connectivity index (χ1) is 9.60. The summed E-state index contributed by atoms with van der Waals surface area (Å²) in [6.07, 6.45) is 1.93. The molecule has 2 heterocycles. The van der Waals surface area contributed by atoms with Crippen LogP contribution in [0.2, 0.25) is 0 Å². The fourth-order valence-electron chi connectivity index (χ4n) is 1.95. The molecule has 106 valence electrons. The van der Waals surface area contributed by atoms with E-state index in [1.165, 1.54) is 5.56 Å². The molecule has 0 saturated heterocycles. The monoisotopic (exact) mass is 288 g/mol. The molecule has 0 aromatic carbocycles. The van der Waals surface area contributed by atoms with E-state index in [4.69, 9.17) is 0 Å². The maximum Gasteiger partial charge on any atom is 0.132 e. The largest absolute Gasteiger partial charge is 0.373 e. The molecule has 20 heavy (non-hydrogen) atoms. The molecule has 1 N–H and O–H groups in total. The zero-order valence-electron chi connectivity index (χ0n) is 12.4. The first kappa shape index (κ1) is 14.8. The second-order valence-corrected chi connectivity index (χ2v) is 5.77. The Morgan fingerprint density at radius 1 is 1.05 bits per heavy atom. The Labute approximate surface area is 124 Å². The van der Waals surface area contributed by atoms with E-state index in [2.05, 4.69) is 46.2 Å². The molecule has 0 unspecified atom stereocenters. The molecule has 0 amide bonds. The van der Waals surface area contributed by atoms with Crippen LogP contribution in [0.5, 0.6) is 0 Å². The van der Waals surface area contributed by atoms with Gasteiger partial charge in [0.15, 0.2) is 0 Å². The number of hydrogen-bond donors (Lipinski definition) is 1. The van der Waals surface area contributed by atoms with Gasteiger partial charge in [0.25, 0.3) is 0 Å². The number of hydrogen-bond acceptors (Lipinski definition) is 5. The van der Waals surface area contributed by atoms with Gasteiger partial charge in [0.2, 0.25) is 0 Å². The Morgan fingerprint density at radius 3 is 2.45 bits per heavy atom. The van der Waals surface area contributed by atoms with Crippen molar-refractivity contribution < 1.29 is 0 Å². The Bertz CT molecular complexity index is 578. The molecule has 0 bridgehead atoms. The van der Waals surface area contributed by atoms with Crippen molar-refractivity contribution >= 4 is 17.6 Å². The predicted molar refractivity (Wildman–Crippen MR) is 83.4 cm³/mol. The van der Waals surface area contributed by atoms with Crippen LogP contribution in [0.25, 0.3) is 0 Å². The lowest BCUT2D eigenvalue weighted by atomic mass is 10.3. The summed E-state index contributed by atoms with van der Waals surface area (Å²) >= 11 is 1.58. The normalized spacial score (nSPS) is 10.6. The number of pyridine rings is 1. The van der Waals surface area contributed by atoms with Crippen LogP contribution in [0.4, 0.5) is 5.82 Å². The second-order valence-electron chi connectivity index (χ2n) is 4.73. The summed E-state index contributed by atoms with van der Waals surface area (Å²) in [5.41, 5.74) is 2.25. The minimum absolute atomic E-state index is 0.857. The van der Waals surface area contributed by atoms with Gasteiger partial charge in [0.05, 0.1) is 0 Å². The van der Waals surface area contributed by atoms with E-state index in [1.807, 2.05) is 20.0 Å². The minimum Gasteiger partial charge on any atom is -0.373 e. The van der Waals surface area contributed by atoms with Crippen molar-refractivity contribution in [3.63, 3.8) is 0 Å². The molecular weight excluding hydrogens is 268 g/mol. The average molecular weight is 288 g/mol. The Hall–Kier alpha value is -1.62.